The van der Waals surface area contributed by atoms with Crippen LogP contribution in [0.1, 0.15) is 6.92 Å². The molecule has 0 radical (unpaired) electrons. The predicted molar refractivity (Wildman–Crippen MR) is 36.3 cm³/mol. The molecule has 0 saturated carbocycles. The maximum atomic E-state index is 5.34. The number of nitrogens with two attached hydrogens (primary N) is 1. The lowest BCUT2D eigenvalue weighted by Crippen LogP contribution is -1.78. The van der Waals surface area contributed by atoms with Gasteiger partial charge in [0.2, 0.25) is 0 Å². The average molecular weight is 138 g/mol. The minimum atomic E-state index is 0.583. The molecule has 42 valence electrons. The van der Waals surface area contributed by atoms with Gasteiger partial charge in [-0.05, 0) is 11.8 Å². The van der Waals surface area contributed by atoms with E-state index in [1.807, 2.05) is 6.92 Å². The summed E-state index contributed by atoms with van der Waals surface area (Å²) in [5.41, 5.74) is 5.12. The van der Waals surface area contributed by atoms with Crippen molar-refractivity contribution in [1.82, 2.24) is 0 Å². The summed E-state index contributed by atoms with van der Waals surface area (Å²) >= 11 is 6.87. The molecule has 0 aromatic carbocycles. The Morgan fingerprint density at radius 1 is 2.00 bits per heavy atom. The molecule has 0 rings (SSSR count). The van der Waals surface area contributed by atoms with Crippen LogP contribution in [0.3, 0.4) is 0 Å². The normalized spacial score (nSPS) is 12.0. The van der Waals surface area contributed by atoms with Gasteiger partial charge < -0.3 is 5.73 Å². The Hall–Kier alpha value is 0.180. The second kappa shape index (κ2) is 4.34. The average Bonchev–Trinajstić information content (AvgIpc) is 1.68. The number of halogens is 1. The molecule has 0 aromatic rings. The van der Waals surface area contributed by atoms with E-state index in [2.05, 4.69) is 0 Å². The largest absolute Gasteiger partial charge is 0.404 e. The van der Waals surface area contributed by atoms with Crippen molar-refractivity contribution >= 4 is 23.4 Å². The minimum absolute atomic E-state index is 0.583. The van der Waals surface area contributed by atoms with Crippen LogP contribution in [0.5, 0.6) is 0 Å². The molecule has 0 unspecified atom stereocenters. The molecule has 0 aliphatic carbocycles. The van der Waals surface area contributed by atoms with E-state index in [0.717, 1.165) is 4.91 Å². The number of thioether (sulfide) groups is 1. The number of hydrogen-bond donors (Lipinski definition) is 1. The Labute approximate surface area is 52.9 Å². The topological polar surface area (TPSA) is 26.0 Å². The van der Waals surface area contributed by atoms with Crippen molar-refractivity contribution in [1.29, 1.82) is 0 Å². The van der Waals surface area contributed by atoms with E-state index in [9.17, 15) is 0 Å². The molecule has 0 saturated heterocycles. The fraction of sp³-hybridized carbons (Fsp3) is 0.500. The zero-order valence-electron chi connectivity index (χ0n) is 4.15. The zero-order chi connectivity index (χ0) is 5.70. The highest BCUT2D eigenvalue weighted by atomic mass is 35.5. The first-order chi connectivity index (χ1) is 3.31. The summed E-state index contributed by atoms with van der Waals surface area (Å²) in [6, 6.07) is 0. The quantitative estimate of drug-likeness (QED) is 0.587. The summed E-state index contributed by atoms with van der Waals surface area (Å²) in [6.07, 6.45) is 1.55. The molecule has 1 nitrogen and oxygen atoms in total. The van der Waals surface area contributed by atoms with Crippen LogP contribution < -0.4 is 5.73 Å². The van der Waals surface area contributed by atoms with Crippen LogP contribution >= 0.6 is 23.4 Å². The highest BCUT2D eigenvalue weighted by Crippen LogP contribution is 2.13. The number of alkyl halides is 1. The predicted octanol–water partition coefficient (Wildman–Crippen LogP) is 1.74. The summed E-state index contributed by atoms with van der Waals surface area (Å²) in [5.74, 6) is 0. The van der Waals surface area contributed by atoms with Crippen LogP contribution in [0.15, 0.2) is 11.1 Å². The first kappa shape index (κ1) is 7.18. The van der Waals surface area contributed by atoms with Gasteiger partial charge in [0.05, 0.1) is 5.21 Å². The third-order valence-electron chi connectivity index (χ3n) is 0.517. The van der Waals surface area contributed by atoms with Gasteiger partial charge in [0, 0.05) is 6.20 Å². The monoisotopic (exact) mass is 137 g/mol. The second-order valence-corrected chi connectivity index (χ2v) is 2.84. The van der Waals surface area contributed by atoms with Gasteiger partial charge in [0.15, 0.2) is 0 Å². The Bertz CT molecular complexity index is 72.1. The Morgan fingerprint density at radius 2 is 2.57 bits per heavy atom. The highest BCUT2D eigenvalue weighted by molar-refractivity contribution is 8.04. The lowest BCUT2D eigenvalue weighted by Gasteiger charge is -1.89. The van der Waals surface area contributed by atoms with E-state index in [1.54, 1.807) is 6.20 Å². The van der Waals surface area contributed by atoms with Gasteiger partial charge in [-0.25, -0.2) is 0 Å². The van der Waals surface area contributed by atoms with Crippen LogP contribution in [0.2, 0.25) is 0 Å². The van der Waals surface area contributed by atoms with E-state index in [0.29, 0.717) is 5.21 Å². The molecule has 7 heavy (non-hydrogen) atoms. The first-order valence-corrected chi connectivity index (χ1v) is 3.40. The molecule has 0 atom stereocenters. The summed E-state index contributed by atoms with van der Waals surface area (Å²) in [6.45, 7) is 1.92. The van der Waals surface area contributed by atoms with Crippen LogP contribution in [0.4, 0.5) is 0 Å². The highest BCUT2D eigenvalue weighted by Gasteiger charge is 1.82. The first-order valence-electron chi connectivity index (χ1n) is 1.88. The molecule has 3 heteroatoms. The van der Waals surface area contributed by atoms with Gasteiger partial charge in [-0.15, -0.1) is 23.4 Å². The minimum Gasteiger partial charge on any atom is -0.404 e. The fourth-order valence-corrected chi connectivity index (χ4v) is 0.919. The van der Waals surface area contributed by atoms with Crippen LogP contribution in [0.25, 0.3) is 0 Å². The van der Waals surface area contributed by atoms with Gasteiger partial charge >= 0.3 is 0 Å². The Kier molecular flexibility index (Phi) is 4.45. The van der Waals surface area contributed by atoms with Crippen molar-refractivity contribution in [3.8, 4) is 0 Å². The van der Waals surface area contributed by atoms with Crippen molar-refractivity contribution in [2.24, 2.45) is 5.73 Å². The SMILES string of the molecule is C/C(=C/N)SCCl. The molecule has 0 spiro atoms. The second-order valence-electron chi connectivity index (χ2n) is 1.03. The molecule has 0 aliphatic rings. The zero-order valence-corrected chi connectivity index (χ0v) is 5.72. The van der Waals surface area contributed by atoms with Gasteiger partial charge in [-0.1, -0.05) is 0 Å². The third-order valence-corrected chi connectivity index (χ3v) is 1.54. The molecule has 0 fully saturated rings. The Morgan fingerprint density at radius 3 is 2.71 bits per heavy atom. The molecular weight excluding hydrogens is 130 g/mol. The van der Waals surface area contributed by atoms with Crippen LogP contribution in [-0.2, 0) is 0 Å². The van der Waals surface area contributed by atoms with Gasteiger partial charge in [-0.2, -0.15) is 0 Å². The van der Waals surface area contributed by atoms with Crippen molar-refractivity contribution in [3.05, 3.63) is 11.1 Å². The lowest BCUT2D eigenvalue weighted by molar-refractivity contribution is 1.52. The van der Waals surface area contributed by atoms with Crippen LogP contribution in [0, 0.1) is 0 Å². The third kappa shape index (κ3) is 4.02. The van der Waals surface area contributed by atoms with Crippen molar-refractivity contribution in [3.63, 3.8) is 0 Å². The van der Waals surface area contributed by atoms with Crippen molar-refractivity contribution < 1.29 is 0 Å². The number of rotatable bonds is 2. The van der Waals surface area contributed by atoms with E-state index >= 15 is 0 Å². The summed E-state index contributed by atoms with van der Waals surface area (Å²) in [5, 5.41) is 0.583. The maximum Gasteiger partial charge on any atom is 0.0724 e. The molecular formula is C4H8ClNS. The smallest absolute Gasteiger partial charge is 0.0724 e. The summed E-state index contributed by atoms with van der Waals surface area (Å²) in [7, 11) is 0. The van der Waals surface area contributed by atoms with Crippen molar-refractivity contribution in [2.45, 2.75) is 6.92 Å². The summed E-state index contributed by atoms with van der Waals surface area (Å²) < 4.78 is 0. The molecule has 2 N–H and O–H groups in total. The van der Waals surface area contributed by atoms with E-state index in [-0.39, 0.29) is 0 Å². The molecule has 0 aliphatic heterocycles. The van der Waals surface area contributed by atoms with Gasteiger partial charge in [0.1, 0.15) is 0 Å². The standard InChI is InChI=1S/C4H8ClNS/c1-4(2-6)7-3-5/h2H,3,6H2,1H3/b4-2-. The van der Waals surface area contributed by atoms with E-state index in [4.69, 9.17) is 17.3 Å². The molecule has 0 amide bonds. The van der Waals surface area contributed by atoms with Gasteiger partial charge in [0.25, 0.3) is 0 Å². The molecule has 0 heterocycles. The van der Waals surface area contributed by atoms with Crippen molar-refractivity contribution in [2.75, 3.05) is 5.21 Å². The lowest BCUT2D eigenvalue weighted by atomic mass is 10.7. The van der Waals surface area contributed by atoms with E-state index < -0.39 is 0 Å². The van der Waals surface area contributed by atoms with Crippen LogP contribution in [-0.4, -0.2) is 5.21 Å². The Balaban J connectivity index is 3.17. The number of allylic oxidation sites excluding steroid dienone is 1. The van der Waals surface area contributed by atoms with E-state index in [1.165, 1.54) is 11.8 Å². The number of hydrogen-bond acceptors (Lipinski definition) is 2. The molecule has 0 aromatic heterocycles. The summed E-state index contributed by atoms with van der Waals surface area (Å²) in [4.78, 5) is 1.06. The maximum absolute atomic E-state index is 5.34. The molecule has 0 bridgehead atoms. The van der Waals surface area contributed by atoms with Gasteiger partial charge in [-0.3, -0.25) is 0 Å². The fourth-order valence-electron chi connectivity index (χ4n) is 0.134.